The summed E-state index contributed by atoms with van der Waals surface area (Å²) in [5, 5.41) is 0. The van der Waals surface area contributed by atoms with Gasteiger partial charge in [0.05, 0.1) is 24.8 Å². The van der Waals surface area contributed by atoms with Gasteiger partial charge in [-0.1, -0.05) is 0 Å². The van der Waals surface area contributed by atoms with Gasteiger partial charge < -0.3 is 4.57 Å². The maximum Gasteiger partial charge on any atom is 0.168 e. The highest BCUT2D eigenvalue weighted by molar-refractivity contribution is 5.71. The molecule has 5 heteroatoms. The lowest BCUT2D eigenvalue weighted by Gasteiger charge is -2.03. The van der Waals surface area contributed by atoms with Crippen molar-refractivity contribution in [3.05, 3.63) is 42.0 Å². The molecule has 0 atom stereocenters. The largest absolute Gasteiger partial charge is 0.322 e. The van der Waals surface area contributed by atoms with Gasteiger partial charge in [-0.25, -0.2) is 15.0 Å². The van der Waals surface area contributed by atoms with E-state index >= 15 is 0 Å². The van der Waals surface area contributed by atoms with E-state index in [0.717, 1.165) is 17.8 Å². The van der Waals surface area contributed by atoms with E-state index in [9.17, 15) is 4.79 Å². The van der Waals surface area contributed by atoms with Crippen molar-refractivity contribution in [3.63, 3.8) is 0 Å². The highest BCUT2D eigenvalue weighted by Crippen LogP contribution is 2.02. The van der Waals surface area contributed by atoms with Crippen molar-refractivity contribution in [3.8, 4) is 0 Å². The first-order chi connectivity index (χ1) is 7.29. The molecule has 0 aromatic carbocycles. The van der Waals surface area contributed by atoms with E-state index in [1.54, 1.807) is 17.1 Å². The standard InChI is InChI=1S/C10H10N4O/c1-8-12-3-2-9(13-8)5-14-7-11-4-10(14)6-15/h2-4,6-7H,5H2,1H3. The van der Waals surface area contributed by atoms with E-state index in [2.05, 4.69) is 15.0 Å². The Balaban J connectivity index is 2.25. The average molecular weight is 202 g/mol. The summed E-state index contributed by atoms with van der Waals surface area (Å²) in [5.41, 5.74) is 1.41. The van der Waals surface area contributed by atoms with Crippen LogP contribution in [0.4, 0.5) is 0 Å². The molecule has 2 aromatic rings. The molecular formula is C10H10N4O. The first-order valence-corrected chi connectivity index (χ1v) is 4.53. The number of aryl methyl sites for hydroxylation is 1. The molecule has 0 unspecified atom stereocenters. The Hall–Kier alpha value is -2.04. The summed E-state index contributed by atoms with van der Waals surface area (Å²) in [7, 11) is 0. The molecule has 2 rings (SSSR count). The normalized spacial score (nSPS) is 10.2. The molecule has 0 aliphatic heterocycles. The fourth-order valence-electron chi connectivity index (χ4n) is 1.33. The Morgan fingerprint density at radius 3 is 3.13 bits per heavy atom. The third-order valence-electron chi connectivity index (χ3n) is 2.03. The lowest BCUT2D eigenvalue weighted by molar-refractivity contribution is 0.111. The molecule has 0 bridgehead atoms. The fraction of sp³-hybridized carbons (Fsp3) is 0.200. The molecule has 0 N–H and O–H groups in total. The number of imidazole rings is 1. The first-order valence-electron chi connectivity index (χ1n) is 4.53. The Bertz CT molecular complexity index is 478. The third kappa shape index (κ3) is 2.07. The molecule has 0 saturated heterocycles. The molecule has 0 aliphatic rings. The number of rotatable bonds is 3. The second kappa shape index (κ2) is 4.00. The van der Waals surface area contributed by atoms with E-state index in [1.165, 1.54) is 6.20 Å². The maximum atomic E-state index is 10.7. The predicted octanol–water partition coefficient (Wildman–Crippen LogP) is 0.842. The van der Waals surface area contributed by atoms with Gasteiger partial charge in [0, 0.05) is 6.20 Å². The molecule has 76 valence electrons. The monoisotopic (exact) mass is 202 g/mol. The Kier molecular flexibility index (Phi) is 2.53. The number of hydrogen-bond donors (Lipinski definition) is 0. The molecule has 0 fully saturated rings. The number of hydrogen-bond acceptors (Lipinski definition) is 4. The van der Waals surface area contributed by atoms with Crippen LogP contribution in [0.15, 0.2) is 24.8 Å². The number of carbonyl (C=O) groups is 1. The summed E-state index contributed by atoms with van der Waals surface area (Å²) in [6, 6.07) is 1.82. The lowest BCUT2D eigenvalue weighted by Crippen LogP contribution is -2.05. The molecular weight excluding hydrogens is 192 g/mol. The lowest BCUT2D eigenvalue weighted by atomic mass is 10.4. The Labute approximate surface area is 86.8 Å². The fourth-order valence-corrected chi connectivity index (χ4v) is 1.33. The minimum Gasteiger partial charge on any atom is -0.322 e. The van der Waals surface area contributed by atoms with Crippen LogP contribution in [0.5, 0.6) is 0 Å². The van der Waals surface area contributed by atoms with Crippen molar-refractivity contribution in [1.82, 2.24) is 19.5 Å². The highest BCUT2D eigenvalue weighted by Gasteiger charge is 2.02. The number of aldehydes is 1. The molecule has 0 spiro atoms. The van der Waals surface area contributed by atoms with Crippen LogP contribution in [0, 0.1) is 6.92 Å². The third-order valence-corrected chi connectivity index (χ3v) is 2.03. The summed E-state index contributed by atoms with van der Waals surface area (Å²) in [6.07, 6.45) is 5.62. The van der Waals surface area contributed by atoms with Crippen LogP contribution in [0.25, 0.3) is 0 Å². The minimum atomic E-state index is 0.539. The molecule has 15 heavy (non-hydrogen) atoms. The average Bonchev–Trinajstić information content (AvgIpc) is 2.65. The number of carbonyl (C=O) groups excluding carboxylic acids is 1. The molecule has 0 amide bonds. The molecule has 2 heterocycles. The topological polar surface area (TPSA) is 60.7 Å². The first kappa shape index (κ1) is 9.51. The van der Waals surface area contributed by atoms with Gasteiger partial charge in [0.25, 0.3) is 0 Å². The van der Waals surface area contributed by atoms with E-state index in [1.807, 2.05) is 13.0 Å². The van der Waals surface area contributed by atoms with Crippen LogP contribution in [0.3, 0.4) is 0 Å². The quantitative estimate of drug-likeness (QED) is 0.692. The van der Waals surface area contributed by atoms with Crippen LogP contribution in [-0.2, 0) is 6.54 Å². The van der Waals surface area contributed by atoms with Crippen molar-refractivity contribution in [1.29, 1.82) is 0 Å². The van der Waals surface area contributed by atoms with Gasteiger partial charge in [-0.05, 0) is 13.0 Å². The zero-order chi connectivity index (χ0) is 10.7. The van der Waals surface area contributed by atoms with Crippen molar-refractivity contribution in [2.45, 2.75) is 13.5 Å². The van der Waals surface area contributed by atoms with Crippen LogP contribution < -0.4 is 0 Å². The van der Waals surface area contributed by atoms with E-state index in [4.69, 9.17) is 0 Å². The van der Waals surface area contributed by atoms with Gasteiger partial charge >= 0.3 is 0 Å². The smallest absolute Gasteiger partial charge is 0.168 e. The van der Waals surface area contributed by atoms with Crippen LogP contribution in [-0.4, -0.2) is 25.8 Å². The minimum absolute atomic E-state index is 0.539. The molecule has 0 saturated carbocycles. The zero-order valence-electron chi connectivity index (χ0n) is 8.29. The Morgan fingerprint density at radius 2 is 2.40 bits per heavy atom. The van der Waals surface area contributed by atoms with Crippen LogP contribution >= 0.6 is 0 Å². The van der Waals surface area contributed by atoms with Gasteiger partial charge in [0.15, 0.2) is 6.29 Å². The van der Waals surface area contributed by atoms with E-state index in [-0.39, 0.29) is 0 Å². The maximum absolute atomic E-state index is 10.7. The zero-order valence-corrected chi connectivity index (χ0v) is 8.29. The number of aromatic nitrogens is 4. The van der Waals surface area contributed by atoms with Crippen molar-refractivity contribution in [2.75, 3.05) is 0 Å². The van der Waals surface area contributed by atoms with Crippen molar-refractivity contribution >= 4 is 6.29 Å². The van der Waals surface area contributed by atoms with Gasteiger partial charge in [-0.3, -0.25) is 4.79 Å². The molecule has 0 radical (unpaired) electrons. The summed E-state index contributed by atoms with van der Waals surface area (Å²) in [6.45, 7) is 2.37. The van der Waals surface area contributed by atoms with Crippen LogP contribution in [0.1, 0.15) is 22.0 Å². The van der Waals surface area contributed by atoms with Gasteiger partial charge in [-0.15, -0.1) is 0 Å². The van der Waals surface area contributed by atoms with E-state index < -0.39 is 0 Å². The summed E-state index contributed by atoms with van der Waals surface area (Å²) in [5.74, 6) is 0.722. The van der Waals surface area contributed by atoms with Crippen LogP contribution in [0.2, 0.25) is 0 Å². The van der Waals surface area contributed by atoms with Gasteiger partial charge in [-0.2, -0.15) is 0 Å². The summed E-state index contributed by atoms with van der Waals surface area (Å²) < 4.78 is 1.74. The predicted molar refractivity (Wildman–Crippen MR) is 53.5 cm³/mol. The van der Waals surface area contributed by atoms with Gasteiger partial charge in [0.1, 0.15) is 11.5 Å². The Morgan fingerprint density at radius 1 is 1.53 bits per heavy atom. The van der Waals surface area contributed by atoms with Gasteiger partial charge in [0.2, 0.25) is 0 Å². The van der Waals surface area contributed by atoms with Crippen molar-refractivity contribution in [2.24, 2.45) is 0 Å². The van der Waals surface area contributed by atoms with E-state index in [0.29, 0.717) is 12.2 Å². The SMILES string of the molecule is Cc1nccc(Cn2cncc2C=O)n1. The molecule has 2 aromatic heterocycles. The summed E-state index contributed by atoms with van der Waals surface area (Å²) in [4.78, 5) is 22.8. The molecule has 5 nitrogen and oxygen atoms in total. The molecule has 0 aliphatic carbocycles. The number of nitrogens with zero attached hydrogens (tertiary/aromatic N) is 4. The second-order valence-electron chi connectivity index (χ2n) is 3.16. The van der Waals surface area contributed by atoms with Crippen molar-refractivity contribution < 1.29 is 4.79 Å². The summed E-state index contributed by atoms with van der Waals surface area (Å²) >= 11 is 0. The second-order valence-corrected chi connectivity index (χ2v) is 3.16. The highest BCUT2D eigenvalue weighted by atomic mass is 16.1.